The van der Waals surface area contributed by atoms with Gasteiger partial charge in [-0.2, -0.15) is 0 Å². The highest BCUT2D eigenvalue weighted by Gasteiger charge is 2.29. The summed E-state index contributed by atoms with van der Waals surface area (Å²) in [6, 6.07) is 10.8. The molecular weight excluding hydrogens is 472 g/mol. The van der Waals surface area contributed by atoms with Gasteiger partial charge in [-0.05, 0) is 62.1 Å². The number of amides is 2. The van der Waals surface area contributed by atoms with Crippen molar-refractivity contribution in [3.05, 3.63) is 64.2 Å². The van der Waals surface area contributed by atoms with Crippen LogP contribution in [0.15, 0.2) is 47.5 Å². The highest BCUT2D eigenvalue weighted by atomic mass is 16.6. The Morgan fingerprint density at radius 1 is 1.14 bits per heavy atom. The van der Waals surface area contributed by atoms with Crippen molar-refractivity contribution in [3.8, 4) is 11.4 Å². The summed E-state index contributed by atoms with van der Waals surface area (Å²) in [5.74, 6) is 0.408. The van der Waals surface area contributed by atoms with Gasteiger partial charge in [0.2, 0.25) is 0 Å². The molecule has 1 aliphatic heterocycles. The Morgan fingerprint density at radius 3 is 2.76 bits per heavy atom. The molecule has 2 amide bonds. The summed E-state index contributed by atoms with van der Waals surface area (Å²) in [7, 11) is 0. The fourth-order valence-electron chi connectivity index (χ4n) is 4.43. The topological polar surface area (TPSA) is 103 Å². The molecule has 1 saturated carbocycles. The van der Waals surface area contributed by atoms with Gasteiger partial charge in [-0.15, -0.1) is 0 Å². The lowest BCUT2D eigenvalue weighted by molar-refractivity contribution is 0.0950. The first kappa shape index (κ1) is 24.8. The fraction of sp³-hybridized carbons (Fsp3) is 0.429. The number of unbranched alkanes of at least 4 members (excludes halogenated alkanes) is 1. The van der Waals surface area contributed by atoms with E-state index in [0.717, 1.165) is 31.2 Å². The van der Waals surface area contributed by atoms with E-state index in [0.29, 0.717) is 54.0 Å². The Bertz CT molecular complexity index is 1380. The molecule has 1 aliphatic carbocycles. The van der Waals surface area contributed by atoms with Gasteiger partial charge in [-0.1, -0.05) is 19.4 Å². The van der Waals surface area contributed by atoms with Crippen LogP contribution in [0.1, 0.15) is 54.9 Å². The zero-order valence-electron chi connectivity index (χ0n) is 21.2. The molecule has 9 heteroatoms. The number of aromatic nitrogens is 2. The lowest BCUT2D eigenvalue weighted by Gasteiger charge is -2.17. The van der Waals surface area contributed by atoms with Crippen LogP contribution in [0.2, 0.25) is 0 Å². The van der Waals surface area contributed by atoms with E-state index in [1.54, 1.807) is 35.2 Å². The number of benzene rings is 2. The maximum Gasteiger partial charge on any atom is 0.409 e. The van der Waals surface area contributed by atoms with Crippen molar-refractivity contribution in [1.29, 1.82) is 0 Å². The molecule has 3 aromatic rings. The Hall–Kier alpha value is -3.88. The number of nitrogens with one attached hydrogen (secondary N) is 1. The van der Waals surface area contributed by atoms with Gasteiger partial charge < -0.3 is 19.7 Å². The minimum Gasteiger partial charge on any atom is -0.488 e. The average Bonchev–Trinajstić information content (AvgIpc) is 3.59. The smallest absolute Gasteiger partial charge is 0.409 e. The molecular formula is C28H32N4O5. The third-order valence-corrected chi connectivity index (χ3v) is 6.80. The van der Waals surface area contributed by atoms with Crippen molar-refractivity contribution in [2.75, 3.05) is 19.7 Å². The SMILES string of the molecule is CCCCOC(=O)N1CCC(Oc2ccc3ncn(-c4cc(C(=O)NC5CC5)ccc4C)c(=O)c3c2)C1. The average molecular weight is 505 g/mol. The molecule has 9 nitrogen and oxygen atoms in total. The van der Waals surface area contributed by atoms with Crippen molar-refractivity contribution in [2.24, 2.45) is 0 Å². The number of ether oxygens (including phenoxy) is 2. The summed E-state index contributed by atoms with van der Waals surface area (Å²) in [5, 5.41) is 3.40. The second-order valence-corrected chi connectivity index (χ2v) is 9.79. The van der Waals surface area contributed by atoms with Crippen LogP contribution in [0.5, 0.6) is 5.75 Å². The number of carbonyl (C=O) groups excluding carboxylic acids is 2. The van der Waals surface area contributed by atoms with E-state index < -0.39 is 0 Å². The summed E-state index contributed by atoms with van der Waals surface area (Å²) in [5.41, 5.74) is 2.29. The summed E-state index contributed by atoms with van der Waals surface area (Å²) < 4.78 is 12.9. The van der Waals surface area contributed by atoms with Crippen molar-refractivity contribution in [2.45, 2.75) is 58.1 Å². The quantitative estimate of drug-likeness (QED) is 0.466. The van der Waals surface area contributed by atoms with Crippen molar-refractivity contribution in [3.63, 3.8) is 0 Å². The van der Waals surface area contributed by atoms with Gasteiger partial charge in [0.1, 0.15) is 18.2 Å². The van der Waals surface area contributed by atoms with Crippen LogP contribution in [-0.2, 0) is 4.74 Å². The monoisotopic (exact) mass is 504 g/mol. The Morgan fingerprint density at radius 2 is 1.97 bits per heavy atom. The lowest BCUT2D eigenvalue weighted by Crippen LogP contribution is -2.31. The normalized spacial score (nSPS) is 17.1. The molecule has 2 heterocycles. The summed E-state index contributed by atoms with van der Waals surface area (Å²) >= 11 is 0. The van der Waals surface area contributed by atoms with E-state index in [2.05, 4.69) is 10.3 Å². The summed E-state index contributed by atoms with van der Waals surface area (Å²) in [6.07, 6.45) is 5.52. The van der Waals surface area contributed by atoms with Crippen LogP contribution in [0, 0.1) is 6.92 Å². The van der Waals surface area contributed by atoms with Gasteiger partial charge in [0.05, 0.1) is 29.7 Å². The standard InChI is InChI=1S/C28H32N4O5/c1-3-4-13-36-28(35)31-12-11-22(16-31)37-21-9-10-24-23(15-21)27(34)32(17-29-24)25-14-19(6-5-18(25)2)26(33)30-20-7-8-20/h5-6,9-10,14-15,17,20,22H,3-4,7-8,11-13,16H2,1-2H3,(H,30,33). The largest absolute Gasteiger partial charge is 0.488 e. The number of hydrogen-bond donors (Lipinski definition) is 1. The summed E-state index contributed by atoms with van der Waals surface area (Å²) in [6.45, 7) is 5.38. The van der Waals surface area contributed by atoms with Gasteiger partial charge in [0, 0.05) is 24.6 Å². The van der Waals surface area contributed by atoms with Crippen molar-refractivity contribution in [1.82, 2.24) is 19.8 Å². The maximum atomic E-state index is 13.5. The van der Waals surface area contributed by atoms with Crippen LogP contribution in [0.3, 0.4) is 0 Å². The molecule has 2 aliphatic rings. The number of rotatable bonds is 8. The zero-order chi connectivity index (χ0) is 25.9. The molecule has 1 saturated heterocycles. The molecule has 0 spiro atoms. The molecule has 1 N–H and O–H groups in total. The first-order valence-electron chi connectivity index (χ1n) is 12.9. The van der Waals surface area contributed by atoms with E-state index in [1.165, 1.54) is 10.9 Å². The fourth-order valence-corrected chi connectivity index (χ4v) is 4.43. The number of likely N-dealkylation sites (tertiary alicyclic amines) is 1. The van der Waals surface area contributed by atoms with Gasteiger partial charge in [-0.25, -0.2) is 9.78 Å². The van der Waals surface area contributed by atoms with Crippen LogP contribution in [0.4, 0.5) is 4.79 Å². The molecule has 0 radical (unpaired) electrons. The maximum absolute atomic E-state index is 13.5. The lowest BCUT2D eigenvalue weighted by atomic mass is 10.1. The number of aryl methyl sites for hydroxylation is 1. The Labute approximate surface area is 215 Å². The highest BCUT2D eigenvalue weighted by Crippen LogP contribution is 2.24. The molecule has 1 unspecified atom stereocenters. The van der Waals surface area contributed by atoms with Gasteiger partial charge >= 0.3 is 6.09 Å². The predicted molar refractivity (Wildman–Crippen MR) is 139 cm³/mol. The number of fused-ring (bicyclic) bond motifs is 1. The van der Waals surface area contributed by atoms with E-state index in [1.807, 2.05) is 19.9 Å². The summed E-state index contributed by atoms with van der Waals surface area (Å²) in [4.78, 5) is 44.4. The second-order valence-electron chi connectivity index (χ2n) is 9.79. The van der Waals surface area contributed by atoms with Crippen molar-refractivity contribution < 1.29 is 19.1 Å². The molecule has 194 valence electrons. The molecule has 0 bridgehead atoms. The van der Waals surface area contributed by atoms with Crippen LogP contribution >= 0.6 is 0 Å². The van der Waals surface area contributed by atoms with E-state index in [9.17, 15) is 14.4 Å². The third-order valence-electron chi connectivity index (χ3n) is 6.80. The molecule has 2 aromatic carbocycles. The van der Waals surface area contributed by atoms with Crippen LogP contribution in [0.25, 0.3) is 16.6 Å². The minimum atomic E-state index is -0.312. The first-order valence-corrected chi connectivity index (χ1v) is 12.9. The van der Waals surface area contributed by atoms with Gasteiger partial charge in [0.15, 0.2) is 0 Å². The number of nitrogens with zero attached hydrogens (tertiary/aromatic N) is 3. The minimum absolute atomic E-state index is 0.138. The van der Waals surface area contributed by atoms with Gasteiger partial charge in [0.25, 0.3) is 11.5 Å². The second kappa shape index (κ2) is 10.6. The zero-order valence-corrected chi connectivity index (χ0v) is 21.2. The van der Waals surface area contributed by atoms with Crippen LogP contribution < -0.4 is 15.6 Å². The molecule has 2 fully saturated rings. The highest BCUT2D eigenvalue weighted by molar-refractivity contribution is 5.95. The number of carbonyl (C=O) groups is 2. The van der Waals surface area contributed by atoms with Crippen LogP contribution in [-0.4, -0.2) is 58.3 Å². The van der Waals surface area contributed by atoms with Gasteiger partial charge in [-0.3, -0.25) is 14.2 Å². The molecule has 1 atom stereocenters. The number of hydrogen-bond acceptors (Lipinski definition) is 6. The molecule has 37 heavy (non-hydrogen) atoms. The first-order chi connectivity index (χ1) is 17.9. The van der Waals surface area contributed by atoms with E-state index >= 15 is 0 Å². The van der Waals surface area contributed by atoms with Crippen molar-refractivity contribution >= 4 is 22.9 Å². The predicted octanol–water partition coefficient (Wildman–Crippen LogP) is 3.98. The Kier molecular flexibility index (Phi) is 7.12. The Balaban J connectivity index is 1.35. The third kappa shape index (κ3) is 5.60. The van der Waals surface area contributed by atoms with E-state index in [-0.39, 0.29) is 29.7 Å². The molecule has 1 aromatic heterocycles. The molecule has 5 rings (SSSR count). The van der Waals surface area contributed by atoms with E-state index in [4.69, 9.17) is 9.47 Å².